The van der Waals surface area contributed by atoms with Gasteiger partial charge < -0.3 is 18.8 Å². The summed E-state index contributed by atoms with van der Waals surface area (Å²) in [7, 11) is -3.84. The average molecular weight is 477 g/mol. The zero-order valence-electron chi connectivity index (χ0n) is 19.6. The summed E-state index contributed by atoms with van der Waals surface area (Å²) >= 11 is 0. The second kappa shape index (κ2) is 8.37. The van der Waals surface area contributed by atoms with Gasteiger partial charge in [0, 0.05) is 50.0 Å². The van der Waals surface area contributed by atoms with Gasteiger partial charge in [-0.1, -0.05) is 0 Å². The Labute approximate surface area is 194 Å². The van der Waals surface area contributed by atoms with Crippen molar-refractivity contribution in [3.8, 4) is 0 Å². The molecule has 0 atom stereocenters. The van der Waals surface area contributed by atoms with E-state index in [1.165, 1.54) is 4.31 Å². The summed E-state index contributed by atoms with van der Waals surface area (Å²) in [6, 6.07) is 1.93. The van der Waals surface area contributed by atoms with Crippen LogP contribution in [0.3, 0.4) is 0 Å². The van der Waals surface area contributed by atoms with Crippen LogP contribution in [0.15, 0.2) is 15.4 Å². The number of sulfonamides is 1. The molecule has 180 valence electrons. The lowest BCUT2D eigenvalue weighted by atomic mass is 10.0. The number of carbonyl (C=O) groups is 1. The topological polar surface area (TPSA) is 89.3 Å². The number of amides is 1. The van der Waals surface area contributed by atoms with Crippen LogP contribution in [-0.4, -0.2) is 68.7 Å². The lowest BCUT2D eigenvalue weighted by Crippen LogP contribution is -2.47. The van der Waals surface area contributed by atoms with Crippen LogP contribution in [0.5, 0.6) is 0 Å². The number of ether oxygens (including phenoxy) is 2. The minimum atomic E-state index is -3.84. The van der Waals surface area contributed by atoms with E-state index >= 15 is 0 Å². The van der Waals surface area contributed by atoms with Crippen molar-refractivity contribution in [3.63, 3.8) is 0 Å². The molecule has 9 heteroatoms. The van der Waals surface area contributed by atoms with E-state index in [1.807, 2.05) is 24.8 Å². The third kappa shape index (κ3) is 3.79. The molecule has 4 heterocycles. The van der Waals surface area contributed by atoms with Gasteiger partial charge in [-0.15, -0.1) is 0 Å². The molecule has 0 bridgehead atoms. The smallest absolute Gasteiger partial charge is 0.289 e. The van der Waals surface area contributed by atoms with Crippen molar-refractivity contribution in [2.45, 2.75) is 63.6 Å². The number of furan rings is 1. The van der Waals surface area contributed by atoms with Crippen molar-refractivity contribution in [2.75, 3.05) is 39.4 Å². The molecule has 3 aliphatic rings. The summed E-state index contributed by atoms with van der Waals surface area (Å²) in [6.45, 7) is 8.68. The van der Waals surface area contributed by atoms with E-state index in [0.29, 0.717) is 68.7 Å². The Morgan fingerprint density at radius 1 is 0.939 bits per heavy atom. The fraction of sp³-hybridized carbons (Fsp3) is 0.625. The molecule has 0 unspecified atom stereocenters. The molecule has 33 heavy (non-hydrogen) atoms. The third-order valence-electron chi connectivity index (χ3n) is 7.43. The number of likely N-dealkylation sites (tertiary alicyclic amines) is 1. The molecule has 3 saturated heterocycles. The van der Waals surface area contributed by atoms with E-state index in [9.17, 15) is 13.2 Å². The maximum absolute atomic E-state index is 13.9. The lowest BCUT2D eigenvalue weighted by Gasteiger charge is -2.37. The number of benzene rings is 1. The van der Waals surface area contributed by atoms with Gasteiger partial charge in [0.1, 0.15) is 4.90 Å². The molecule has 1 aromatic carbocycles. The average Bonchev–Trinajstić information content (AvgIpc) is 3.39. The molecule has 0 saturated carbocycles. The molecule has 1 amide bonds. The molecule has 0 N–H and O–H groups in total. The summed E-state index contributed by atoms with van der Waals surface area (Å²) in [5.41, 5.74) is 2.50. The van der Waals surface area contributed by atoms with E-state index < -0.39 is 15.8 Å². The first-order valence-corrected chi connectivity index (χ1v) is 13.3. The van der Waals surface area contributed by atoms with E-state index in [-0.39, 0.29) is 22.1 Å². The van der Waals surface area contributed by atoms with Gasteiger partial charge in [0.05, 0.1) is 13.2 Å². The summed E-state index contributed by atoms with van der Waals surface area (Å²) in [6.07, 6.45) is 4.07. The van der Waals surface area contributed by atoms with Crippen LogP contribution in [-0.2, 0) is 19.5 Å². The molecule has 3 fully saturated rings. The lowest BCUT2D eigenvalue weighted by molar-refractivity contribution is -0.179. The molecule has 0 radical (unpaired) electrons. The van der Waals surface area contributed by atoms with Crippen LogP contribution in [0.2, 0.25) is 0 Å². The highest BCUT2D eigenvalue weighted by atomic mass is 32.2. The van der Waals surface area contributed by atoms with Crippen molar-refractivity contribution in [1.29, 1.82) is 0 Å². The summed E-state index contributed by atoms with van der Waals surface area (Å²) in [4.78, 5) is 15.2. The highest BCUT2D eigenvalue weighted by molar-refractivity contribution is 7.89. The van der Waals surface area contributed by atoms with E-state index in [1.54, 1.807) is 6.92 Å². The van der Waals surface area contributed by atoms with Gasteiger partial charge in [-0.05, 0) is 57.2 Å². The second-order valence-electron chi connectivity index (χ2n) is 9.45. The fourth-order valence-corrected chi connectivity index (χ4v) is 7.14. The highest BCUT2D eigenvalue weighted by Crippen LogP contribution is 2.39. The van der Waals surface area contributed by atoms with Crippen LogP contribution in [0.25, 0.3) is 11.0 Å². The molecule has 3 aliphatic heterocycles. The van der Waals surface area contributed by atoms with Crippen molar-refractivity contribution in [1.82, 2.24) is 9.21 Å². The Hall–Kier alpha value is -1.94. The maximum atomic E-state index is 13.9. The monoisotopic (exact) mass is 476 g/mol. The molecular formula is C24H32N2O6S. The van der Waals surface area contributed by atoms with Gasteiger partial charge in [-0.3, -0.25) is 4.79 Å². The van der Waals surface area contributed by atoms with Crippen molar-refractivity contribution in [3.05, 3.63) is 28.5 Å². The van der Waals surface area contributed by atoms with Gasteiger partial charge >= 0.3 is 0 Å². The number of hydrogen-bond acceptors (Lipinski definition) is 6. The van der Waals surface area contributed by atoms with Crippen LogP contribution in [0.1, 0.15) is 59.3 Å². The van der Waals surface area contributed by atoms with Crippen LogP contribution in [0.4, 0.5) is 0 Å². The van der Waals surface area contributed by atoms with Gasteiger partial charge in [-0.2, -0.15) is 4.31 Å². The number of carbonyl (C=O) groups excluding carboxylic acids is 1. The maximum Gasteiger partial charge on any atom is 0.289 e. The number of aryl methyl sites for hydroxylation is 2. The molecule has 5 rings (SSSR count). The first-order chi connectivity index (χ1) is 15.7. The van der Waals surface area contributed by atoms with Crippen LogP contribution >= 0.6 is 0 Å². The SMILES string of the molecule is Cc1cc2c(C)c(C(=O)N3CCCCC3)oc2c(S(=O)(=O)N2CCC3(CC2)OCCO3)c1C. The predicted molar refractivity (Wildman–Crippen MR) is 123 cm³/mol. The van der Waals surface area contributed by atoms with E-state index in [2.05, 4.69) is 0 Å². The van der Waals surface area contributed by atoms with Gasteiger partial charge in [0.15, 0.2) is 17.1 Å². The van der Waals surface area contributed by atoms with Gasteiger partial charge in [-0.25, -0.2) is 8.42 Å². The molecule has 2 aromatic rings. The fourth-order valence-electron chi connectivity index (χ4n) is 5.28. The summed E-state index contributed by atoms with van der Waals surface area (Å²) in [5.74, 6) is -0.561. The molecule has 0 aliphatic carbocycles. The van der Waals surface area contributed by atoms with Gasteiger partial charge in [0.25, 0.3) is 5.91 Å². The normalized spacial score (nSPS) is 21.8. The Balaban J connectivity index is 1.54. The number of rotatable bonds is 3. The highest BCUT2D eigenvalue weighted by Gasteiger charge is 2.44. The molecule has 1 aromatic heterocycles. The number of hydrogen-bond donors (Lipinski definition) is 0. The standard InChI is InChI=1S/C24H32N2O6S/c1-16-15-19-18(3)20(23(27)25-9-5-4-6-10-25)32-21(19)22(17(16)2)33(28,29)26-11-7-24(8-12-26)30-13-14-31-24/h15H,4-14H2,1-3H3. The van der Waals surface area contributed by atoms with Crippen molar-refractivity contribution >= 4 is 26.9 Å². The second-order valence-corrected chi connectivity index (χ2v) is 11.3. The van der Waals surface area contributed by atoms with Crippen molar-refractivity contribution in [2.24, 2.45) is 0 Å². The largest absolute Gasteiger partial charge is 0.449 e. The minimum Gasteiger partial charge on any atom is -0.449 e. The Morgan fingerprint density at radius 3 is 2.21 bits per heavy atom. The van der Waals surface area contributed by atoms with Crippen LogP contribution < -0.4 is 0 Å². The number of fused-ring (bicyclic) bond motifs is 1. The quantitative estimate of drug-likeness (QED) is 0.674. The number of piperidine rings is 2. The summed E-state index contributed by atoms with van der Waals surface area (Å²) in [5, 5.41) is 0.688. The first-order valence-electron chi connectivity index (χ1n) is 11.8. The molecular weight excluding hydrogens is 444 g/mol. The zero-order valence-corrected chi connectivity index (χ0v) is 20.4. The molecule has 8 nitrogen and oxygen atoms in total. The van der Waals surface area contributed by atoms with Crippen molar-refractivity contribution < 1.29 is 27.1 Å². The third-order valence-corrected chi connectivity index (χ3v) is 9.48. The molecule has 1 spiro atoms. The zero-order chi connectivity index (χ0) is 23.4. The Kier molecular flexibility index (Phi) is 5.79. The van der Waals surface area contributed by atoms with E-state index in [0.717, 1.165) is 24.8 Å². The first kappa shape index (κ1) is 22.8. The van der Waals surface area contributed by atoms with E-state index in [4.69, 9.17) is 13.9 Å². The minimum absolute atomic E-state index is 0.155. The summed E-state index contributed by atoms with van der Waals surface area (Å²) < 4.78 is 46.8. The van der Waals surface area contributed by atoms with Gasteiger partial charge in [0.2, 0.25) is 10.0 Å². The Bertz CT molecular complexity index is 1180. The van der Waals surface area contributed by atoms with Crippen LogP contribution in [0, 0.1) is 20.8 Å². The predicted octanol–water partition coefficient (Wildman–Crippen LogP) is 3.51. The number of nitrogens with zero attached hydrogens (tertiary/aromatic N) is 2. The Morgan fingerprint density at radius 2 is 1.58 bits per heavy atom.